The van der Waals surface area contributed by atoms with E-state index in [1.165, 1.54) is 6.92 Å². The van der Waals surface area contributed by atoms with Crippen LogP contribution in [0.1, 0.15) is 42.5 Å². The van der Waals surface area contributed by atoms with Crippen LogP contribution in [0.3, 0.4) is 0 Å². The molecule has 0 saturated heterocycles. The van der Waals surface area contributed by atoms with Crippen LogP contribution in [0, 0.1) is 19.8 Å². The van der Waals surface area contributed by atoms with Crippen LogP contribution in [-0.2, 0) is 16.6 Å². The summed E-state index contributed by atoms with van der Waals surface area (Å²) in [6.45, 7) is 9.85. The topological polar surface area (TPSA) is 82.5 Å². The van der Waals surface area contributed by atoms with Gasteiger partial charge in [0, 0.05) is 7.05 Å². The highest BCUT2D eigenvalue weighted by Crippen LogP contribution is 2.19. The Kier molecular flexibility index (Phi) is 6.60. The number of rotatable bonds is 7. The molecule has 0 aliphatic rings. The molecule has 2 rings (SSSR count). The number of aromatic nitrogens is 2. The minimum absolute atomic E-state index is 0.338. The van der Waals surface area contributed by atoms with E-state index in [2.05, 4.69) is 10.4 Å². The van der Waals surface area contributed by atoms with Crippen molar-refractivity contribution in [2.75, 3.05) is 11.9 Å². The quantitative estimate of drug-likeness (QED) is 0.753. The zero-order valence-corrected chi connectivity index (χ0v) is 16.7. The molecule has 7 heteroatoms. The number of hydrogen-bond acceptors (Lipinski definition) is 5. The van der Waals surface area contributed by atoms with Crippen molar-refractivity contribution in [3.05, 3.63) is 41.2 Å². The lowest BCUT2D eigenvalue weighted by molar-refractivity contribution is -0.123. The molecule has 1 aromatic heterocycles. The summed E-state index contributed by atoms with van der Waals surface area (Å²) in [5, 5.41) is 7.03. The summed E-state index contributed by atoms with van der Waals surface area (Å²) in [7, 11) is 1.80. The number of hydrogen-bond donors (Lipinski definition) is 1. The molecule has 0 bridgehead atoms. The Hall–Kier alpha value is -2.83. The van der Waals surface area contributed by atoms with Gasteiger partial charge in [-0.2, -0.15) is 5.10 Å². The van der Waals surface area contributed by atoms with Gasteiger partial charge in [-0.25, -0.2) is 4.79 Å². The van der Waals surface area contributed by atoms with Crippen LogP contribution in [0.5, 0.6) is 5.75 Å². The average molecular weight is 373 g/mol. The van der Waals surface area contributed by atoms with Crippen LogP contribution < -0.4 is 10.1 Å². The van der Waals surface area contributed by atoms with Crippen molar-refractivity contribution in [2.24, 2.45) is 13.0 Å². The molecule has 0 aliphatic carbocycles. The van der Waals surface area contributed by atoms with E-state index in [4.69, 9.17) is 9.47 Å². The number of nitrogens with one attached hydrogen (secondary N) is 1. The molecule has 2 aromatic rings. The number of nitrogens with zero attached hydrogens (tertiary/aromatic N) is 2. The van der Waals surface area contributed by atoms with Gasteiger partial charge in [-0.15, -0.1) is 0 Å². The van der Waals surface area contributed by atoms with Gasteiger partial charge in [-0.05, 0) is 44.9 Å². The summed E-state index contributed by atoms with van der Waals surface area (Å²) < 4.78 is 12.6. The van der Waals surface area contributed by atoms with Crippen molar-refractivity contribution in [3.8, 4) is 5.75 Å². The highest BCUT2D eigenvalue weighted by Gasteiger charge is 2.21. The van der Waals surface area contributed by atoms with Crippen molar-refractivity contribution in [1.29, 1.82) is 0 Å². The molecule has 0 saturated carbocycles. The van der Waals surface area contributed by atoms with Crippen LogP contribution in [0.4, 0.5) is 5.69 Å². The molecule has 1 amide bonds. The van der Waals surface area contributed by atoms with Gasteiger partial charge in [0.1, 0.15) is 5.75 Å². The van der Waals surface area contributed by atoms with Gasteiger partial charge in [0.2, 0.25) is 0 Å². The van der Waals surface area contributed by atoms with Crippen LogP contribution in [0.15, 0.2) is 24.3 Å². The Labute approximate surface area is 159 Å². The summed E-state index contributed by atoms with van der Waals surface area (Å²) in [6.07, 6.45) is -0.947. The molecule has 1 N–H and O–H groups in total. The van der Waals surface area contributed by atoms with Gasteiger partial charge in [-0.3, -0.25) is 9.48 Å². The first-order chi connectivity index (χ1) is 12.7. The predicted octanol–water partition coefficient (Wildman–Crippen LogP) is 3.26. The summed E-state index contributed by atoms with van der Waals surface area (Å²) in [5.41, 5.74) is 2.50. The molecule has 0 spiro atoms. The van der Waals surface area contributed by atoms with Crippen LogP contribution in [0.25, 0.3) is 0 Å². The fourth-order valence-electron chi connectivity index (χ4n) is 2.44. The van der Waals surface area contributed by atoms with Crippen LogP contribution >= 0.6 is 0 Å². The summed E-state index contributed by atoms with van der Waals surface area (Å²) in [6, 6.07) is 6.75. The van der Waals surface area contributed by atoms with E-state index in [1.54, 1.807) is 36.0 Å². The number of esters is 1. The van der Waals surface area contributed by atoms with E-state index < -0.39 is 18.0 Å². The van der Waals surface area contributed by atoms with E-state index in [0.29, 0.717) is 35.2 Å². The predicted molar refractivity (Wildman–Crippen MR) is 103 cm³/mol. The van der Waals surface area contributed by atoms with E-state index in [1.807, 2.05) is 27.7 Å². The molecular formula is C20H27N3O4. The summed E-state index contributed by atoms with van der Waals surface area (Å²) >= 11 is 0. The van der Waals surface area contributed by atoms with Gasteiger partial charge in [0.15, 0.2) is 6.10 Å². The number of carbonyl (C=O) groups is 2. The SMILES string of the molecule is Cc1nn(C)c(C)c1NC(=O)[C@@H](C)OC(=O)c1cccc(OCC(C)C)c1. The molecular weight excluding hydrogens is 346 g/mol. The lowest BCUT2D eigenvalue weighted by Gasteiger charge is -2.14. The van der Waals surface area contributed by atoms with Crippen molar-refractivity contribution >= 4 is 17.6 Å². The number of carbonyl (C=O) groups excluding carboxylic acids is 2. The van der Waals surface area contributed by atoms with Crippen LogP contribution in [-0.4, -0.2) is 34.4 Å². The highest BCUT2D eigenvalue weighted by atomic mass is 16.5. The molecule has 0 fully saturated rings. The molecule has 7 nitrogen and oxygen atoms in total. The lowest BCUT2D eigenvalue weighted by atomic mass is 10.2. The Morgan fingerprint density at radius 3 is 2.52 bits per heavy atom. The maximum Gasteiger partial charge on any atom is 0.339 e. The van der Waals surface area contributed by atoms with E-state index in [9.17, 15) is 9.59 Å². The third kappa shape index (κ3) is 5.32. The average Bonchev–Trinajstić information content (AvgIpc) is 2.86. The molecule has 0 radical (unpaired) electrons. The monoisotopic (exact) mass is 373 g/mol. The fourth-order valence-corrected chi connectivity index (χ4v) is 2.44. The van der Waals surface area contributed by atoms with Gasteiger partial charge in [0.05, 0.1) is 29.2 Å². The number of aryl methyl sites for hydroxylation is 2. The van der Waals surface area contributed by atoms with Gasteiger partial charge >= 0.3 is 5.97 Å². The minimum atomic E-state index is -0.947. The largest absolute Gasteiger partial charge is 0.493 e. The Morgan fingerprint density at radius 1 is 1.22 bits per heavy atom. The zero-order valence-electron chi connectivity index (χ0n) is 16.7. The van der Waals surface area contributed by atoms with Crippen molar-refractivity contribution in [2.45, 2.75) is 40.7 Å². The molecule has 1 atom stereocenters. The second-order valence-electron chi connectivity index (χ2n) is 6.94. The maximum absolute atomic E-state index is 12.4. The highest BCUT2D eigenvalue weighted by molar-refractivity contribution is 5.98. The van der Waals surface area contributed by atoms with Crippen molar-refractivity contribution in [3.63, 3.8) is 0 Å². The van der Waals surface area contributed by atoms with Crippen molar-refractivity contribution < 1.29 is 19.1 Å². The Bertz CT molecular complexity index is 827. The maximum atomic E-state index is 12.4. The molecule has 1 aromatic carbocycles. The molecule has 1 heterocycles. The first-order valence-corrected chi connectivity index (χ1v) is 8.94. The fraction of sp³-hybridized carbons (Fsp3) is 0.450. The molecule has 0 unspecified atom stereocenters. The summed E-state index contributed by atoms with van der Waals surface area (Å²) in [5.74, 6) is -0.0115. The standard InChI is InChI=1S/C20H27N3O4/c1-12(2)11-26-17-9-7-8-16(10-17)20(25)27-15(5)19(24)21-18-13(3)22-23(6)14(18)4/h7-10,12,15H,11H2,1-6H3,(H,21,24)/t15-/m1/s1. The lowest BCUT2D eigenvalue weighted by Crippen LogP contribution is -2.30. The van der Waals surface area contributed by atoms with E-state index in [-0.39, 0.29) is 0 Å². The summed E-state index contributed by atoms with van der Waals surface area (Å²) in [4.78, 5) is 24.8. The molecule has 0 aliphatic heterocycles. The van der Waals surface area contributed by atoms with Gasteiger partial charge in [-0.1, -0.05) is 19.9 Å². The van der Waals surface area contributed by atoms with Gasteiger partial charge in [0.25, 0.3) is 5.91 Å². The second-order valence-corrected chi connectivity index (χ2v) is 6.94. The number of amides is 1. The van der Waals surface area contributed by atoms with Crippen LogP contribution in [0.2, 0.25) is 0 Å². The smallest absolute Gasteiger partial charge is 0.339 e. The first kappa shape index (κ1) is 20.5. The number of ether oxygens (including phenoxy) is 2. The molecule has 27 heavy (non-hydrogen) atoms. The second kappa shape index (κ2) is 8.70. The number of benzene rings is 1. The van der Waals surface area contributed by atoms with E-state index in [0.717, 1.165) is 5.69 Å². The van der Waals surface area contributed by atoms with Crippen molar-refractivity contribution in [1.82, 2.24) is 9.78 Å². The minimum Gasteiger partial charge on any atom is -0.493 e. The Morgan fingerprint density at radius 2 is 1.93 bits per heavy atom. The third-order valence-corrected chi connectivity index (χ3v) is 4.06. The Balaban J connectivity index is 2.00. The number of anilines is 1. The van der Waals surface area contributed by atoms with E-state index >= 15 is 0 Å². The zero-order chi connectivity index (χ0) is 20.1. The third-order valence-electron chi connectivity index (χ3n) is 4.06. The molecule has 146 valence electrons. The van der Waals surface area contributed by atoms with Gasteiger partial charge < -0.3 is 14.8 Å². The first-order valence-electron chi connectivity index (χ1n) is 8.94. The normalized spacial score (nSPS) is 12.0.